The molecule has 0 saturated heterocycles. The van der Waals surface area contributed by atoms with E-state index in [1.807, 2.05) is 24.3 Å². The van der Waals surface area contributed by atoms with Crippen molar-refractivity contribution >= 4 is 44.0 Å². The molecule has 2 aromatic heterocycles. The molecule has 0 amide bonds. The molecule has 1 aromatic carbocycles. The van der Waals surface area contributed by atoms with Gasteiger partial charge in [0.1, 0.15) is 15.9 Å². The molecular formula is C26H32BBrN2O6S. The van der Waals surface area contributed by atoms with E-state index in [1.165, 1.54) is 0 Å². The van der Waals surface area contributed by atoms with E-state index in [0.29, 0.717) is 28.2 Å². The van der Waals surface area contributed by atoms with Gasteiger partial charge < -0.3 is 19.2 Å². The number of rotatable bonds is 9. The fraction of sp³-hybridized carbons (Fsp3) is 0.500. The molecule has 0 spiro atoms. The van der Waals surface area contributed by atoms with Crippen molar-refractivity contribution < 1.29 is 27.6 Å². The number of furan rings is 1. The number of nitrogens with one attached hydrogen (secondary N) is 1. The van der Waals surface area contributed by atoms with Crippen LogP contribution in [0, 0.1) is 17.3 Å². The number of aromatic nitrogens is 1. The van der Waals surface area contributed by atoms with Crippen LogP contribution in [-0.2, 0) is 26.9 Å². The van der Waals surface area contributed by atoms with Crippen molar-refractivity contribution in [2.24, 2.45) is 17.3 Å². The summed E-state index contributed by atoms with van der Waals surface area (Å²) < 4.78 is 41.2. The summed E-state index contributed by atoms with van der Waals surface area (Å²) in [4.78, 5) is 4.22. The number of fused-ring (bicyclic) bond motifs is 3. The van der Waals surface area contributed by atoms with E-state index in [0.717, 1.165) is 17.4 Å². The van der Waals surface area contributed by atoms with Crippen LogP contribution in [0.5, 0.6) is 0 Å². The minimum absolute atomic E-state index is 0.00195. The van der Waals surface area contributed by atoms with E-state index in [9.17, 15) is 18.5 Å². The number of nitrogens with zero attached hydrogens (tertiary/aromatic N) is 1. The van der Waals surface area contributed by atoms with Gasteiger partial charge in [0.15, 0.2) is 0 Å². The smallest absolute Gasteiger partial charge is 0.464 e. The summed E-state index contributed by atoms with van der Waals surface area (Å²) in [5.41, 5.74) is 0.645. The van der Waals surface area contributed by atoms with Crippen LogP contribution in [0.3, 0.4) is 0 Å². The molecule has 3 saturated carbocycles. The third kappa shape index (κ3) is 5.26. The molecule has 3 N–H and O–H groups in total. The highest BCUT2D eigenvalue weighted by atomic mass is 79.9. The molecule has 0 unspecified atom stereocenters. The number of para-hydroxylation sites is 1. The van der Waals surface area contributed by atoms with E-state index >= 15 is 0 Å². The van der Waals surface area contributed by atoms with Crippen LogP contribution in [0.25, 0.3) is 11.0 Å². The summed E-state index contributed by atoms with van der Waals surface area (Å²) >= 11 is 3.27. The SMILES string of the molecule is CC1(C)[C@@H]2C[C@@H](OB(O)[C@H](Cc3coc4ccccc34)NS(=O)(=O)Cc3cccc(Br)n3)[C@@](C)(O)[C@H]1C2. The molecule has 11 heteroatoms. The van der Waals surface area contributed by atoms with Gasteiger partial charge in [0.2, 0.25) is 10.0 Å². The Balaban J connectivity index is 1.39. The Morgan fingerprint density at radius 1 is 1.22 bits per heavy atom. The average molecular weight is 591 g/mol. The normalized spacial score (nSPS) is 27.6. The highest BCUT2D eigenvalue weighted by molar-refractivity contribution is 9.10. The Morgan fingerprint density at radius 3 is 2.68 bits per heavy atom. The van der Waals surface area contributed by atoms with E-state index in [2.05, 4.69) is 39.5 Å². The molecule has 3 aliphatic rings. The minimum Gasteiger partial charge on any atom is -0.464 e. The number of sulfonamides is 1. The van der Waals surface area contributed by atoms with E-state index in [1.54, 1.807) is 31.4 Å². The standard InChI is InChI=1S/C26H32BBrN2O6S/c1-25(2)17-12-21(25)26(3,31)22(13-17)36-27(32)23(11-16-14-35-20-9-5-4-8-19(16)20)30-37(33,34)15-18-7-6-10-24(28)29-18/h4-10,14,17,21-23,30-32H,11-13,15H2,1-3H3/t17-,21-,22+,23-,26-/m0/s1. The third-order valence-corrected chi connectivity index (χ3v) is 10.2. The maximum absolute atomic E-state index is 13.2. The second-order valence-electron chi connectivity index (χ2n) is 11.2. The summed E-state index contributed by atoms with van der Waals surface area (Å²) in [7, 11) is -5.40. The first kappa shape index (κ1) is 26.8. The number of halogens is 1. The van der Waals surface area contributed by atoms with Gasteiger partial charge in [-0.05, 0) is 83.1 Å². The van der Waals surface area contributed by atoms with Crippen LogP contribution in [-0.4, -0.2) is 48.3 Å². The summed E-state index contributed by atoms with van der Waals surface area (Å²) in [6, 6.07) is 12.5. The molecule has 2 heterocycles. The van der Waals surface area contributed by atoms with Crippen molar-refractivity contribution in [1.29, 1.82) is 0 Å². The summed E-state index contributed by atoms with van der Waals surface area (Å²) in [5, 5.41) is 23.4. The molecule has 3 fully saturated rings. The first-order valence-corrected chi connectivity index (χ1v) is 14.9. The Hall–Kier alpha value is -1.76. The van der Waals surface area contributed by atoms with Crippen molar-refractivity contribution in [2.45, 2.75) is 63.4 Å². The summed E-state index contributed by atoms with van der Waals surface area (Å²) in [5.74, 6) is -0.946. The monoisotopic (exact) mass is 590 g/mol. The van der Waals surface area contributed by atoms with Gasteiger partial charge in [-0.25, -0.2) is 18.1 Å². The molecular weight excluding hydrogens is 559 g/mol. The van der Waals surface area contributed by atoms with Gasteiger partial charge in [-0.1, -0.05) is 38.1 Å². The van der Waals surface area contributed by atoms with E-state index in [4.69, 9.17) is 9.07 Å². The molecule has 5 atom stereocenters. The molecule has 37 heavy (non-hydrogen) atoms. The Bertz CT molecular complexity index is 1390. The lowest BCUT2D eigenvalue weighted by molar-refractivity contribution is -0.241. The number of hydrogen-bond donors (Lipinski definition) is 3. The first-order chi connectivity index (χ1) is 17.4. The maximum Gasteiger partial charge on any atom is 0.474 e. The maximum atomic E-state index is 13.2. The zero-order chi connectivity index (χ0) is 26.6. The van der Waals surface area contributed by atoms with Gasteiger partial charge in [0.25, 0.3) is 0 Å². The lowest BCUT2D eigenvalue weighted by atomic mass is 9.43. The van der Waals surface area contributed by atoms with Crippen molar-refractivity contribution in [3.05, 3.63) is 64.6 Å². The van der Waals surface area contributed by atoms with Crippen molar-refractivity contribution in [1.82, 2.24) is 9.71 Å². The zero-order valence-corrected chi connectivity index (χ0v) is 23.5. The van der Waals surface area contributed by atoms with Crippen molar-refractivity contribution in [2.75, 3.05) is 0 Å². The lowest BCUT2D eigenvalue weighted by Crippen LogP contribution is -2.68. The Morgan fingerprint density at radius 2 is 1.97 bits per heavy atom. The number of hydrogen-bond acceptors (Lipinski definition) is 7. The van der Waals surface area contributed by atoms with Gasteiger partial charge in [0, 0.05) is 5.39 Å². The second-order valence-corrected chi connectivity index (χ2v) is 13.7. The van der Waals surface area contributed by atoms with Crippen LogP contribution in [0.2, 0.25) is 0 Å². The quantitative estimate of drug-likeness (QED) is 0.256. The third-order valence-electron chi connectivity index (χ3n) is 8.42. The zero-order valence-electron chi connectivity index (χ0n) is 21.1. The fourth-order valence-corrected chi connectivity index (χ4v) is 7.89. The van der Waals surface area contributed by atoms with Crippen molar-refractivity contribution in [3.63, 3.8) is 0 Å². The van der Waals surface area contributed by atoms with Gasteiger partial charge in [-0.3, -0.25) is 0 Å². The van der Waals surface area contributed by atoms with E-state index in [-0.39, 0.29) is 23.5 Å². The number of benzene rings is 1. The summed E-state index contributed by atoms with van der Waals surface area (Å²) in [6.45, 7) is 6.07. The molecule has 0 aliphatic heterocycles. The van der Waals surface area contributed by atoms with Crippen LogP contribution >= 0.6 is 15.9 Å². The lowest BCUT2D eigenvalue weighted by Gasteiger charge is -2.65. The molecule has 6 rings (SSSR count). The molecule has 0 radical (unpaired) electrons. The Kier molecular flexibility index (Phi) is 7.09. The van der Waals surface area contributed by atoms with Gasteiger partial charge in [-0.2, -0.15) is 0 Å². The summed E-state index contributed by atoms with van der Waals surface area (Å²) in [6.07, 6.45) is 2.62. The average Bonchev–Trinajstić information content (AvgIpc) is 3.21. The van der Waals surface area contributed by atoms with Crippen molar-refractivity contribution in [3.8, 4) is 0 Å². The number of aliphatic hydroxyl groups is 1. The van der Waals surface area contributed by atoms with Crippen LogP contribution < -0.4 is 4.72 Å². The van der Waals surface area contributed by atoms with Crippen LogP contribution in [0.1, 0.15) is 44.9 Å². The fourth-order valence-electron chi connectivity index (χ4n) is 6.21. The van der Waals surface area contributed by atoms with E-state index < -0.39 is 34.8 Å². The highest BCUT2D eigenvalue weighted by Gasteiger charge is 2.63. The Labute approximate surface area is 226 Å². The van der Waals surface area contributed by atoms with Crippen LogP contribution in [0.4, 0.5) is 0 Å². The molecule has 8 nitrogen and oxygen atoms in total. The molecule has 3 aliphatic carbocycles. The first-order valence-electron chi connectivity index (χ1n) is 12.5. The largest absolute Gasteiger partial charge is 0.474 e. The minimum atomic E-state index is -3.91. The highest BCUT2D eigenvalue weighted by Crippen LogP contribution is 2.63. The molecule has 3 aromatic rings. The predicted octanol–water partition coefficient (Wildman–Crippen LogP) is 3.84. The number of pyridine rings is 1. The molecule has 2 bridgehead atoms. The van der Waals surface area contributed by atoms with Gasteiger partial charge in [0.05, 0.1) is 29.6 Å². The topological polar surface area (TPSA) is 122 Å². The second kappa shape index (κ2) is 9.77. The van der Waals surface area contributed by atoms with Gasteiger partial charge >= 0.3 is 7.12 Å². The van der Waals surface area contributed by atoms with Crippen LogP contribution in [0.15, 0.2) is 57.7 Å². The molecule has 198 valence electrons. The predicted molar refractivity (Wildman–Crippen MR) is 145 cm³/mol. The van der Waals surface area contributed by atoms with Gasteiger partial charge in [-0.15, -0.1) is 0 Å².